The third kappa shape index (κ3) is 5.91. The van der Waals surface area contributed by atoms with Crippen LogP contribution in [-0.2, 0) is 22.7 Å². The van der Waals surface area contributed by atoms with Gasteiger partial charge in [-0.05, 0) is 54.3 Å². The van der Waals surface area contributed by atoms with Crippen molar-refractivity contribution in [2.75, 3.05) is 13.7 Å². The standard InChI is InChI=1S/C27H31N5O4/c1-19(2)14-15-28-27(34)26(24-9-6-16-36-24)31(17-20-10-12-21(35-3)13-11-20)25(33)18-32-23-8-5-4-7-22(23)29-30-32/h4-13,16,19,26H,14-15,17-18H2,1-3H3,(H,28,34)/t26-/m0/s1. The summed E-state index contributed by atoms with van der Waals surface area (Å²) in [4.78, 5) is 28.8. The lowest BCUT2D eigenvalue weighted by Crippen LogP contribution is -2.44. The van der Waals surface area contributed by atoms with E-state index >= 15 is 0 Å². The number of methoxy groups -OCH3 is 1. The first-order valence-corrected chi connectivity index (χ1v) is 12.0. The summed E-state index contributed by atoms with van der Waals surface area (Å²) in [5.41, 5.74) is 2.28. The highest BCUT2D eigenvalue weighted by Gasteiger charge is 2.34. The van der Waals surface area contributed by atoms with Crippen LogP contribution in [-0.4, -0.2) is 45.4 Å². The van der Waals surface area contributed by atoms with Gasteiger partial charge in [-0.3, -0.25) is 9.59 Å². The summed E-state index contributed by atoms with van der Waals surface area (Å²) in [5, 5.41) is 11.3. The van der Waals surface area contributed by atoms with E-state index in [1.807, 2.05) is 48.5 Å². The van der Waals surface area contributed by atoms with Gasteiger partial charge in [0.15, 0.2) is 6.04 Å². The van der Waals surface area contributed by atoms with E-state index in [0.29, 0.717) is 29.5 Å². The fraction of sp³-hybridized carbons (Fsp3) is 0.333. The zero-order chi connectivity index (χ0) is 25.5. The van der Waals surface area contributed by atoms with E-state index in [0.717, 1.165) is 17.5 Å². The fourth-order valence-corrected chi connectivity index (χ4v) is 3.96. The van der Waals surface area contributed by atoms with Gasteiger partial charge in [0.2, 0.25) is 5.91 Å². The zero-order valence-corrected chi connectivity index (χ0v) is 20.8. The van der Waals surface area contributed by atoms with Crippen LogP contribution in [0.25, 0.3) is 11.0 Å². The molecular formula is C27H31N5O4. The minimum atomic E-state index is -0.948. The second-order valence-electron chi connectivity index (χ2n) is 9.00. The van der Waals surface area contributed by atoms with E-state index in [2.05, 4.69) is 29.5 Å². The molecule has 9 nitrogen and oxygen atoms in total. The Morgan fingerprint density at radius 2 is 1.86 bits per heavy atom. The maximum Gasteiger partial charge on any atom is 0.250 e. The maximum atomic E-state index is 13.8. The van der Waals surface area contributed by atoms with Crippen molar-refractivity contribution >= 4 is 22.8 Å². The second-order valence-corrected chi connectivity index (χ2v) is 9.00. The summed E-state index contributed by atoms with van der Waals surface area (Å²) in [6.45, 7) is 4.81. The Kier molecular flexibility index (Phi) is 7.99. The van der Waals surface area contributed by atoms with Gasteiger partial charge in [0, 0.05) is 13.1 Å². The molecule has 1 N–H and O–H groups in total. The number of hydrogen-bond donors (Lipinski definition) is 1. The first-order chi connectivity index (χ1) is 17.5. The molecule has 9 heteroatoms. The molecule has 0 aliphatic rings. The third-order valence-electron chi connectivity index (χ3n) is 5.93. The first kappa shape index (κ1) is 25.0. The van der Waals surface area contributed by atoms with Crippen LogP contribution in [0.5, 0.6) is 5.75 Å². The number of amides is 2. The van der Waals surface area contributed by atoms with Crippen LogP contribution in [0.4, 0.5) is 0 Å². The van der Waals surface area contributed by atoms with Gasteiger partial charge in [0.25, 0.3) is 5.91 Å². The molecule has 188 valence electrons. The summed E-state index contributed by atoms with van der Waals surface area (Å²) < 4.78 is 12.5. The SMILES string of the molecule is COc1ccc(CN(C(=O)Cn2nnc3ccccc32)[C@H](C(=O)NCCC(C)C)c2ccco2)cc1. The van der Waals surface area contributed by atoms with Gasteiger partial charge in [-0.25, -0.2) is 4.68 Å². The summed E-state index contributed by atoms with van der Waals surface area (Å²) in [7, 11) is 1.60. The van der Waals surface area contributed by atoms with Crippen molar-refractivity contribution in [1.82, 2.24) is 25.2 Å². The number of carbonyl (C=O) groups excluding carboxylic acids is 2. The largest absolute Gasteiger partial charge is 0.497 e. The van der Waals surface area contributed by atoms with Gasteiger partial charge < -0.3 is 19.4 Å². The average molecular weight is 490 g/mol. The Morgan fingerprint density at radius 3 is 2.56 bits per heavy atom. The molecule has 0 saturated heterocycles. The normalized spacial score (nSPS) is 12.0. The van der Waals surface area contributed by atoms with Crippen LogP contribution in [0.2, 0.25) is 0 Å². The molecule has 0 saturated carbocycles. The monoisotopic (exact) mass is 489 g/mol. The van der Waals surface area contributed by atoms with E-state index in [-0.39, 0.29) is 24.9 Å². The topological polar surface area (TPSA) is 102 Å². The van der Waals surface area contributed by atoms with Gasteiger partial charge in [0.05, 0.1) is 18.9 Å². The minimum absolute atomic E-state index is 0.0762. The molecule has 0 spiro atoms. The molecular weight excluding hydrogens is 458 g/mol. The highest BCUT2D eigenvalue weighted by atomic mass is 16.5. The predicted molar refractivity (Wildman–Crippen MR) is 135 cm³/mol. The molecule has 2 aromatic carbocycles. The molecule has 1 atom stereocenters. The molecule has 36 heavy (non-hydrogen) atoms. The molecule has 0 aliphatic carbocycles. The average Bonchev–Trinajstić information content (AvgIpc) is 3.54. The number of fused-ring (bicyclic) bond motifs is 1. The van der Waals surface area contributed by atoms with Gasteiger partial charge in [-0.1, -0.05) is 43.3 Å². The van der Waals surface area contributed by atoms with Crippen molar-refractivity contribution in [3.05, 3.63) is 78.3 Å². The Labute approximate surface area is 210 Å². The van der Waals surface area contributed by atoms with E-state index in [1.165, 1.54) is 11.2 Å². The van der Waals surface area contributed by atoms with Crippen LogP contribution in [0.15, 0.2) is 71.3 Å². The number of benzene rings is 2. The lowest BCUT2D eigenvalue weighted by atomic mass is 10.1. The molecule has 0 unspecified atom stereocenters. The van der Waals surface area contributed by atoms with Crippen LogP contribution < -0.4 is 10.1 Å². The lowest BCUT2D eigenvalue weighted by Gasteiger charge is -2.30. The molecule has 0 aliphatic heterocycles. The van der Waals surface area contributed by atoms with Crippen LogP contribution in [0.3, 0.4) is 0 Å². The van der Waals surface area contributed by atoms with Crippen LogP contribution >= 0.6 is 0 Å². The molecule has 0 fully saturated rings. The summed E-state index contributed by atoms with van der Waals surface area (Å²) in [6.07, 6.45) is 2.33. The molecule has 4 rings (SSSR count). The van der Waals surface area contributed by atoms with Crippen molar-refractivity contribution in [2.24, 2.45) is 5.92 Å². The number of nitrogens with one attached hydrogen (secondary N) is 1. The van der Waals surface area contributed by atoms with E-state index in [4.69, 9.17) is 9.15 Å². The van der Waals surface area contributed by atoms with Gasteiger partial charge >= 0.3 is 0 Å². The van der Waals surface area contributed by atoms with Gasteiger partial charge in [-0.2, -0.15) is 0 Å². The fourth-order valence-electron chi connectivity index (χ4n) is 3.96. The summed E-state index contributed by atoms with van der Waals surface area (Å²) >= 11 is 0. The highest BCUT2D eigenvalue weighted by molar-refractivity contribution is 5.88. The minimum Gasteiger partial charge on any atom is -0.497 e. The van der Waals surface area contributed by atoms with Gasteiger partial charge in [-0.15, -0.1) is 5.10 Å². The van der Waals surface area contributed by atoms with E-state index in [1.54, 1.807) is 23.9 Å². The molecule has 2 aromatic heterocycles. The molecule has 0 radical (unpaired) electrons. The van der Waals surface area contributed by atoms with Crippen LogP contribution in [0.1, 0.15) is 37.6 Å². The van der Waals surface area contributed by atoms with Crippen molar-refractivity contribution < 1.29 is 18.7 Å². The van der Waals surface area contributed by atoms with Crippen LogP contribution in [0, 0.1) is 5.92 Å². The van der Waals surface area contributed by atoms with Crippen molar-refractivity contribution in [3.8, 4) is 5.75 Å². The quantitative estimate of drug-likeness (QED) is 0.342. The summed E-state index contributed by atoms with van der Waals surface area (Å²) in [5.74, 6) is 0.949. The first-order valence-electron chi connectivity index (χ1n) is 12.0. The van der Waals surface area contributed by atoms with Crippen molar-refractivity contribution in [2.45, 2.75) is 39.4 Å². The third-order valence-corrected chi connectivity index (χ3v) is 5.93. The molecule has 0 bridgehead atoms. The lowest BCUT2D eigenvalue weighted by molar-refractivity contribution is -0.143. The number of carbonyl (C=O) groups is 2. The number of furan rings is 1. The Bertz CT molecular complexity index is 1280. The van der Waals surface area contributed by atoms with Crippen molar-refractivity contribution in [1.29, 1.82) is 0 Å². The number of para-hydroxylation sites is 1. The number of aromatic nitrogens is 3. The van der Waals surface area contributed by atoms with E-state index in [9.17, 15) is 9.59 Å². The number of hydrogen-bond acceptors (Lipinski definition) is 6. The van der Waals surface area contributed by atoms with E-state index < -0.39 is 6.04 Å². The maximum absolute atomic E-state index is 13.8. The Morgan fingerprint density at radius 1 is 1.08 bits per heavy atom. The summed E-state index contributed by atoms with van der Waals surface area (Å²) in [6, 6.07) is 17.3. The predicted octanol–water partition coefficient (Wildman–Crippen LogP) is 3.97. The smallest absolute Gasteiger partial charge is 0.250 e. The number of rotatable bonds is 11. The molecule has 2 amide bonds. The zero-order valence-electron chi connectivity index (χ0n) is 20.8. The van der Waals surface area contributed by atoms with Crippen molar-refractivity contribution in [3.63, 3.8) is 0 Å². The number of ether oxygens (including phenoxy) is 1. The molecule has 4 aromatic rings. The Balaban J connectivity index is 1.66. The second kappa shape index (κ2) is 11.5. The van der Waals surface area contributed by atoms with Gasteiger partial charge in [0.1, 0.15) is 23.6 Å². The number of nitrogens with zero attached hydrogens (tertiary/aromatic N) is 4. The molecule has 2 heterocycles. The Hall–Kier alpha value is -4.14. The highest BCUT2D eigenvalue weighted by Crippen LogP contribution is 2.26.